The summed E-state index contributed by atoms with van der Waals surface area (Å²) in [5.74, 6) is -0.254. The lowest BCUT2D eigenvalue weighted by Gasteiger charge is -2.23. The highest BCUT2D eigenvalue weighted by Gasteiger charge is 2.14. The average molecular weight is 445 g/mol. The zero-order valence-corrected chi connectivity index (χ0v) is 18.2. The Morgan fingerprint density at radius 1 is 0.909 bits per heavy atom. The molecule has 1 aliphatic heterocycles. The zero-order valence-electron chi connectivity index (χ0n) is 18.2. The molecule has 0 spiro atoms. The number of hydrazone groups is 1. The molecule has 0 atom stereocenters. The van der Waals surface area contributed by atoms with Crippen LogP contribution in [-0.4, -0.2) is 44.4 Å². The van der Waals surface area contributed by atoms with Crippen LogP contribution in [0.3, 0.4) is 0 Å². The Kier molecular flexibility index (Phi) is 7.58. The summed E-state index contributed by atoms with van der Waals surface area (Å²) in [5, 5.41) is 4.02. The van der Waals surface area contributed by atoms with Crippen molar-refractivity contribution >= 4 is 18.1 Å². The first-order valence-electron chi connectivity index (χ1n) is 10.9. The smallest absolute Gasteiger partial charge is 0.343 e. The van der Waals surface area contributed by atoms with Gasteiger partial charge in [0.1, 0.15) is 25.4 Å². The minimum Gasteiger partial charge on any atom is -0.423 e. The van der Waals surface area contributed by atoms with Gasteiger partial charge in [0.2, 0.25) is 0 Å². The first-order chi connectivity index (χ1) is 16.2. The van der Waals surface area contributed by atoms with Crippen LogP contribution in [-0.2, 0) is 11.3 Å². The number of amides is 1. The van der Waals surface area contributed by atoms with Crippen molar-refractivity contribution < 1.29 is 24.0 Å². The van der Waals surface area contributed by atoms with Crippen molar-refractivity contribution in [2.45, 2.75) is 6.54 Å². The molecule has 1 fully saturated rings. The maximum absolute atomic E-state index is 12.3. The van der Waals surface area contributed by atoms with E-state index in [1.807, 2.05) is 30.3 Å². The van der Waals surface area contributed by atoms with Crippen LogP contribution in [0, 0.1) is 0 Å². The third-order valence-electron chi connectivity index (χ3n) is 5.35. The zero-order chi connectivity index (χ0) is 22.9. The number of nitrogens with one attached hydrogen (secondary N) is 2. The van der Waals surface area contributed by atoms with Crippen molar-refractivity contribution in [3.05, 3.63) is 101 Å². The molecule has 1 amide bonds. The molecular formula is C26H26N3O4+. The maximum Gasteiger partial charge on any atom is 0.343 e. The molecule has 33 heavy (non-hydrogen) atoms. The van der Waals surface area contributed by atoms with Crippen molar-refractivity contribution in [2.24, 2.45) is 5.10 Å². The van der Waals surface area contributed by atoms with E-state index in [1.54, 1.807) is 48.5 Å². The van der Waals surface area contributed by atoms with E-state index >= 15 is 0 Å². The summed E-state index contributed by atoms with van der Waals surface area (Å²) in [6, 6.07) is 23.3. The number of morpholine rings is 1. The van der Waals surface area contributed by atoms with Crippen molar-refractivity contribution in [3.8, 4) is 5.75 Å². The van der Waals surface area contributed by atoms with E-state index in [0.29, 0.717) is 16.9 Å². The van der Waals surface area contributed by atoms with Gasteiger partial charge in [-0.05, 0) is 54.1 Å². The lowest BCUT2D eigenvalue weighted by atomic mass is 10.1. The van der Waals surface area contributed by atoms with Gasteiger partial charge in [0.05, 0.1) is 25.0 Å². The number of hydrogen-bond donors (Lipinski definition) is 2. The van der Waals surface area contributed by atoms with Crippen LogP contribution in [0.2, 0.25) is 0 Å². The van der Waals surface area contributed by atoms with E-state index in [2.05, 4.69) is 10.5 Å². The molecule has 0 saturated carbocycles. The second-order valence-corrected chi connectivity index (χ2v) is 7.76. The standard InChI is InChI=1S/C26H25N3O4/c30-25(22-10-6-21(7-11-22)19-29-14-16-32-17-15-29)28-27-18-20-8-12-24(13-9-20)33-26(31)23-4-2-1-3-5-23/h1-13,18H,14-17,19H2,(H,28,30)/p+1/b27-18-. The SMILES string of the molecule is O=C(N/N=C\c1ccc(OC(=O)c2ccccc2)cc1)c1ccc(C[NH+]2CCOCC2)cc1. The van der Waals surface area contributed by atoms with Gasteiger partial charge in [-0.3, -0.25) is 4.79 Å². The topological polar surface area (TPSA) is 81.4 Å². The Morgan fingerprint density at radius 2 is 1.61 bits per heavy atom. The molecule has 2 N–H and O–H groups in total. The molecule has 3 aromatic carbocycles. The van der Waals surface area contributed by atoms with Crippen molar-refractivity contribution in [1.29, 1.82) is 0 Å². The number of carbonyl (C=O) groups excluding carboxylic acids is 2. The fourth-order valence-electron chi connectivity index (χ4n) is 3.49. The van der Waals surface area contributed by atoms with E-state index in [4.69, 9.17) is 9.47 Å². The average Bonchev–Trinajstić information content (AvgIpc) is 2.86. The first kappa shape index (κ1) is 22.4. The van der Waals surface area contributed by atoms with Crippen LogP contribution in [0.15, 0.2) is 84.0 Å². The molecule has 1 heterocycles. The molecule has 0 aromatic heterocycles. The summed E-state index contributed by atoms with van der Waals surface area (Å²) in [7, 11) is 0. The molecular weight excluding hydrogens is 418 g/mol. The number of carbonyl (C=O) groups is 2. The number of benzene rings is 3. The van der Waals surface area contributed by atoms with Gasteiger partial charge in [-0.25, -0.2) is 10.2 Å². The van der Waals surface area contributed by atoms with E-state index < -0.39 is 5.97 Å². The van der Waals surface area contributed by atoms with Crippen molar-refractivity contribution in [1.82, 2.24) is 5.43 Å². The molecule has 7 heteroatoms. The molecule has 1 aliphatic rings. The lowest BCUT2D eigenvalue weighted by Crippen LogP contribution is -3.12. The summed E-state index contributed by atoms with van der Waals surface area (Å²) < 4.78 is 10.7. The minimum atomic E-state index is -0.415. The molecule has 1 saturated heterocycles. The van der Waals surface area contributed by atoms with Gasteiger partial charge in [-0.1, -0.05) is 30.3 Å². The Bertz CT molecular complexity index is 1090. The molecule has 0 bridgehead atoms. The largest absolute Gasteiger partial charge is 0.423 e. The van der Waals surface area contributed by atoms with Gasteiger partial charge in [0.15, 0.2) is 0 Å². The normalized spacial score (nSPS) is 14.2. The fraction of sp³-hybridized carbons (Fsp3) is 0.192. The molecule has 0 unspecified atom stereocenters. The second-order valence-electron chi connectivity index (χ2n) is 7.76. The molecule has 4 rings (SSSR count). The summed E-state index contributed by atoms with van der Waals surface area (Å²) in [6.07, 6.45) is 1.54. The molecule has 3 aromatic rings. The Morgan fingerprint density at radius 3 is 2.30 bits per heavy atom. The Labute approximate surface area is 192 Å². The highest BCUT2D eigenvalue weighted by molar-refractivity contribution is 5.95. The van der Waals surface area contributed by atoms with Gasteiger partial charge in [0, 0.05) is 11.1 Å². The summed E-state index contributed by atoms with van der Waals surface area (Å²) >= 11 is 0. The van der Waals surface area contributed by atoms with E-state index in [9.17, 15) is 9.59 Å². The summed E-state index contributed by atoms with van der Waals surface area (Å²) in [4.78, 5) is 25.9. The predicted octanol–water partition coefficient (Wildman–Crippen LogP) is 2.08. The van der Waals surface area contributed by atoms with Crippen molar-refractivity contribution in [2.75, 3.05) is 26.3 Å². The number of ether oxygens (including phenoxy) is 2. The number of esters is 1. The predicted molar refractivity (Wildman–Crippen MR) is 125 cm³/mol. The molecule has 0 aliphatic carbocycles. The van der Waals surface area contributed by atoms with Gasteiger partial charge >= 0.3 is 5.97 Å². The molecule has 0 radical (unpaired) electrons. The summed E-state index contributed by atoms with van der Waals surface area (Å²) in [5.41, 5.74) is 5.54. The third-order valence-corrected chi connectivity index (χ3v) is 5.35. The Hall–Kier alpha value is -3.81. The number of nitrogens with zero attached hydrogens (tertiary/aromatic N) is 1. The van der Waals surface area contributed by atoms with E-state index in [1.165, 1.54) is 16.7 Å². The second kappa shape index (κ2) is 11.2. The van der Waals surface area contributed by atoms with Gasteiger partial charge in [-0.15, -0.1) is 0 Å². The van der Waals surface area contributed by atoms with Crippen molar-refractivity contribution in [3.63, 3.8) is 0 Å². The van der Waals surface area contributed by atoms with Crippen LogP contribution in [0.4, 0.5) is 0 Å². The number of quaternary nitrogens is 1. The highest BCUT2D eigenvalue weighted by atomic mass is 16.5. The maximum atomic E-state index is 12.3. The Balaban J connectivity index is 1.26. The van der Waals surface area contributed by atoms with Crippen LogP contribution in [0.1, 0.15) is 31.8 Å². The van der Waals surface area contributed by atoms with Crippen LogP contribution in [0.5, 0.6) is 5.75 Å². The first-order valence-corrected chi connectivity index (χ1v) is 10.9. The highest BCUT2D eigenvalue weighted by Crippen LogP contribution is 2.13. The van der Waals surface area contributed by atoms with Crippen LogP contribution in [0.25, 0.3) is 0 Å². The minimum absolute atomic E-state index is 0.273. The van der Waals surface area contributed by atoms with E-state index in [-0.39, 0.29) is 5.91 Å². The van der Waals surface area contributed by atoms with Gasteiger partial charge in [0.25, 0.3) is 5.91 Å². The number of hydrogen-bond acceptors (Lipinski definition) is 5. The summed E-state index contributed by atoms with van der Waals surface area (Å²) in [6.45, 7) is 4.55. The fourth-order valence-corrected chi connectivity index (χ4v) is 3.49. The third kappa shape index (κ3) is 6.58. The lowest BCUT2D eigenvalue weighted by molar-refractivity contribution is -0.921. The molecule has 168 valence electrons. The molecule has 7 nitrogen and oxygen atoms in total. The van der Waals surface area contributed by atoms with E-state index in [0.717, 1.165) is 38.4 Å². The monoisotopic (exact) mass is 444 g/mol. The quantitative estimate of drug-likeness (QED) is 0.253. The van der Waals surface area contributed by atoms with Gasteiger partial charge < -0.3 is 14.4 Å². The van der Waals surface area contributed by atoms with Crippen LogP contribution >= 0.6 is 0 Å². The van der Waals surface area contributed by atoms with Crippen LogP contribution < -0.4 is 15.1 Å². The van der Waals surface area contributed by atoms with Gasteiger partial charge in [-0.2, -0.15) is 5.10 Å². The number of rotatable bonds is 7.